The van der Waals surface area contributed by atoms with Crippen molar-refractivity contribution in [2.75, 3.05) is 0 Å². The molecule has 1 atom stereocenters. The lowest BCUT2D eigenvalue weighted by atomic mass is 9.72. The molecule has 0 spiro atoms. The van der Waals surface area contributed by atoms with E-state index in [0.717, 1.165) is 37.5 Å². The molecule has 214 valence electrons. The molecule has 0 unspecified atom stereocenters. The molecule has 1 amide bonds. The van der Waals surface area contributed by atoms with Crippen LogP contribution in [0, 0.1) is 24.3 Å². The molecule has 0 saturated heterocycles. The maximum absolute atomic E-state index is 14.3. The molecule has 41 heavy (non-hydrogen) atoms. The maximum atomic E-state index is 14.3. The molecule has 0 aliphatic heterocycles. The number of carbonyl (C=O) groups is 1. The first kappa shape index (κ1) is 30.2. The standard InChI is InChI=1S/C32H31FI2N2O3S/c1-32(2,3)21-10-11-24-27(14-21)41-31(28(24)30(38)36-17-23-8-6-12-39-23)37-16-20-13-22(34)15-26(35)29(20)40-18-19-7-4-5-9-25(19)33/h4-9,12-13,15-16,21H,10-11,14,17-18H2,1-3H3,(H,36,38)/t21-/m0/s1. The quantitative estimate of drug-likeness (QED) is 0.143. The van der Waals surface area contributed by atoms with Crippen LogP contribution >= 0.6 is 56.5 Å². The first-order valence-electron chi connectivity index (χ1n) is 13.4. The molecule has 1 aliphatic rings. The van der Waals surface area contributed by atoms with Gasteiger partial charge in [0.1, 0.15) is 28.9 Å². The van der Waals surface area contributed by atoms with Crippen molar-refractivity contribution in [2.45, 2.75) is 53.2 Å². The minimum Gasteiger partial charge on any atom is -0.487 e. The van der Waals surface area contributed by atoms with Crippen molar-refractivity contribution in [1.82, 2.24) is 5.32 Å². The number of amides is 1. The molecule has 5 nitrogen and oxygen atoms in total. The Morgan fingerprint density at radius 2 is 2.02 bits per heavy atom. The monoisotopic (exact) mass is 796 g/mol. The number of nitrogens with zero attached hydrogens (tertiary/aromatic N) is 1. The average molecular weight is 796 g/mol. The lowest BCUT2D eigenvalue weighted by molar-refractivity contribution is 0.0947. The lowest BCUT2D eigenvalue weighted by Gasteiger charge is -2.33. The highest BCUT2D eigenvalue weighted by atomic mass is 127. The summed E-state index contributed by atoms with van der Waals surface area (Å²) >= 11 is 6.10. The number of aliphatic imine (C=N–C) groups is 1. The van der Waals surface area contributed by atoms with E-state index in [1.54, 1.807) is 42.0 Å². The maximum Gasteiger partial charge on any atom is 0.255 e. The molecule has 2 aromatic carbocycles. The van der Waals surface area contributed by atoms with Gasteiger partial charge in [0.2, 0.25) is 0 Å². The van der Waals surface area contributed by atoms with Crippen LogP contribution in [-0.2, 0) is 26.0 Å². The third kappa shape index (κ3) is 7.22. The van der Waals surface area contributed by atoms with E-state index in [-0.39, 0.29) is 23.7 Å². The zero-order chi connectivity index (χ0) is 29.1. The van der Waals surface area contributed by atoms with Gasteiger partial charge < -0.3 is 14.5 Å². The van der Waals surface area contributed by atoms with Gasteiger partial charge >= 0.3 is 0 Å². The number of fused-ring (bicyclic) bond motifs is 1. The summed E-state index contributed by atoms with van der Waals surface area (Å²) in [5.41, 5.74) is 3.20. The van der Waals surface area contributed by atoms with E-state index in [1.165, 1.54) is 10.9 Å². The molecular weight excluding hydrogens is 765 g/mol. The zero-order valence-electron chi connectivity index (χ0n) is 23.1. The third-order valence-electron chi connectivity index (χ3n) is 7.39. The summed E-state index contributed by atoms with van der Waals surface area (Å²) in [7, 11) is 0. The van der Waals surface area contributed by atoms with Crippen LogP contribution < -0.4 is 10.1 Å². The molecule has 0 bridgehead atoms. The van der Waals surface area contributed by atoms with E-state index >= 15 is 0 Å². The van der Waals surface area contributed by atoms with E-state index in [9.17, 15) is 9.18 Å². The van der Waals surface area contributed by atoms with Gasteiger partial charge in [0.15, 0.2) is 0 Å². The van der Waals surface area contributed by atoms with E-state index in [2.05, 4.69) is 71.3 Å². The highest BCUT2D eigenvalue weighted by molar-refractivity contribution is 14.1. The van der Waals surface area contributed by atoms with Gasteiger partial charge in [0.05, 0.1) is 21.9 Å². The second kappa shape index (κ2) is 12.9. The van der Waals surface area contributed by atoms with Gasteiger partial charge in [-0.05, 0) is 112 Å². The Bertz CT molecular complexity index is 1570. The van der Waals surface area contributed by atoms with Crippen molar-refractivity contribution in [3.05, 3.63) is 101 Å². The van der Waals surface area contributed by atoms with Crippen molar-refractivity contribution in [3.63, 3.8) is 0 Å². The van der Waals surface area contributed by atoms with Gasteiger partial charge in [0.25, 0.3) is 5.91 Å². The van der Waals surface area contributed by atoms with Crippen LogP contribution in [0.3, 0.4) is 0 Å². The molecule has 1 aliphatic carbocycles. The fourth-order valence-electron chi connectivity index (χ4n) is 5.03. The third-order valence-corrected chi connectivity index (χ3v) is 9.98. The number of hydrogen-bond acceptors (Lipinski definition) is 5. The van der Waals surface area contributed by atoms with Crippen molar-refractivity contribution in [2.24, 2.45) is 16.3 Å². The normalized spacial score (nSPS) is 15.2. The molecule has 0 saturated carbocycles. The smallest absolute Gasteiger partial charge is 0.255 e. The summed E-state index contributed by atoms with van der Waals surface area (Å²) in [5.74, 6) is 1.43. The summed E-state index contributed by atoms with van der Waals surface area (Å²) in [6.07, 6.45) is 6.20. The number of furan rings is 1. The van der Waals surface area contributed by atoms with E-state index in [1.807, 2.05) is 24.3 Å². The Morgan fingerprint density at radius 3 is 2.76 bits per heavy atom. The predicted molar refractivity (Wildman–Crippen MR) is 179 cm³/mol. The highest BCUT2D eigenvalue weighted by Gasteiger charge is 2.33. The molecular formula is C32H31FI2N2O3S. The van der Waals surface area contributed by atoms with Gasteiger partial charge in [0, 0.05) is 25.8 Å². The summed E-state index contributed by atoms with van der Waals surface area (Å²) in [6, 6.07) is 14.3. The van der Waals surface area contributed by atoms with Crippen LogP contribution in [0.25, 0.3) is 0 Å². The first-order chi connectivity index (χ1) is 19.6. The van der Waals surface area contributed by atoms with Gasteiger partial charge in [-0.2, -0.15) is 0 Å². The highest BCUT2D eigenvalue weighted by Crippen LogP contribution is 2.45. The summed E-state index contributed by atoms with van der Waals surface area (Å²) in [5, 5.41) is 3.72. The van der Waals surface area contributed by atoms with Crippen LogP contribution in [0.5, 0.6) is 5.75 Å². The lowest BCUT2D eigenvalue weighted by Crippen LogP contribution is -2.28. The molecule has 0 fully saturated rings. The number of rotatable bonds is 8. The van der Waals surface area contributed by atoms with E-state index < -0.39 is 0 Å². The van der Waals surface area contributed by atoms with Gasteiger partial charge in [-0.15, -0.1) is 11.3 Å². The molecule has 4 aromatic rings. The van der Waals surface area contributed by atoms with Crippen LogP contribution in [-0.4, -0.2) is 12.1 Å². The second-order valence-corrected chi connectivity index (χ2v) is 14.7. The van der Waals surface area contributed by atoms with Crippen LogP contribution in [0.4, 0.5) is 9.39 Å². The topological polar surface area (TPSA) is 63.8 Å². The molecule has 0 radical (unpaired) electrons. The van der Waals surface area contributed by atoms with Gasteiger partial charge in [-0.25, -0.2) is 9.38 Å². The minimum atomic E-state index is -0.300. The second-order valence-electron chi connectivity index (χ2n) is 11.2. The SMILES string of the molecule is CC(C)(C)[C@H]1CCc2c(sc(N=Cc3cc(I)cc(I)c3OCc3ccccc3F)c2C(=O)NCc2ccco2)C1. The number of carbonyl (C=O) groups excluding carboxylic acids is 1. The Kier molecular flexibility index (Phi) is 9.54. The molecule has 2 heterocycles. The predicted octanol–water partition coefficient (Wildman–Crippen LogP) is 9.10. The molecule has 1 N–H and O–H groups in total. The largest absolute Gasteiger partial charge is 0.487 e. The fourth-order valence-corrected chi connectivity index (χ4v) is 8.34. The number of halogens is 3. The van der Waals surface area contributed by atoms with Crippen LogP contribution in [0.1, 0.15) is 64.9 Å². The summed E-state index contributed by atoms with van der Waals surface area (Å²) in [4.78, 5) is 19.7. The first-order valence-corrected chi connectivity index (χ1v) is 16.4. The van der Waals surface area contributed by atoms with Crippen molar-refractivity contribution >= 4 is 73.6 Å². The average Bonchev–Trinajstić information content (AvgIpc) is 3.57. The zero-order valence-corrected chi connectivity index (χ0v) is 28.2. The molecule has 2 aromatic heterocycles. The van der Waals surface area contributed by atoms with Crippen molar-refractivity contribution in [1.29, 1.82) is 0 Å². The van der Waals surface area contributed by atoms with Crippen LogP contribution in [0.2, 0.25) is 0 Å². The molecule has 9 heteroatoms. The number of hydrogen-bond donors (Lipinski definition) is 1. The summed E-state index contributed by atoms with van der Waals surface area (Å²) < 4.78 is 27.8. The number of thiophene rings is 1. The van der Waals surface area contributed by atoms with Crippen molar-refractivity contribution in [3.8, 4) is 5.75 Å². The Labute approximate surface area is 271 Å². The Balaban J connectivity index is 1.48. The van der Waals surface area contributed by atoms with Crippen LogP contribution in [0.15, 0.2) is 64.2 Å². The van der Waals surface area contributed by atoms with Gasteiger partial charge in [-0.3, -0.25) is 4.79 Å². The Hall–Kier alpha value is -2.25. The summed E-state index contributed by atoms with van der Waals surface area (Å²) in [6.45, 7) is 7.27. The number of benzene rings is 2. The Morgan fingerprint density at radius 1 is 1.22 bits per heavy atom. The molecule has 5 rings (SSSR count). The number of ether oxygens (including phenoxy) is 1. The fraction of sp³-hybridized carbons (Fsp3) is 0.312. The van der Waals surface area contributed by atoms with Gasteiger partial charge in [-0.1, -0.05) is 39.0 Å². The van der Waals surface area contributed by atoms with E-state index in [0.29, 0.717) is 40.1 Å². The van der Waals surface area contributed by atoms with E-state index in [4.69, 9.17) is 14.1 Å². The van der Waals surface area contributed by atoms with Crippen molar-refractivity contribution < 1.29 is 18.3 Å². The minimum absolute atomic E-state index is 0.103. The number of nitrogens with one attached hydrogen (secondary N) is 1.